The van der Waals surface area contributed by atoms with Crippen LogP contribution in [0.1, 0.15) is 24.8 Å². The summed E-state index contributed by atoms with van der Waals surface area (Å²) in [5.41, 5.74) is 0.920. The van der Waals surface area contributed by atoms with Crippen molar-refractivity contribution in [1.82, 2.24) is 0 Å². The number of benzene rings is 1. The topological polar surface area (TPSA) is 20.2 Å². The number of alkyl halides is 2. The van der Waals surface area contributed by atoms with Gasteiger partial charge in [0.15, 0.2) is 0 Å². The molecule has 1 rings (SSSR count). The van der Waals surface area contributed by atoms with Crippen molar-refractivity contribution in [2.45, 2.75) is 31.1 Å². The van der Waals surface area contributed by atoms with Crippen molar-refractivity contribution in [3.8, 4) is 5.75 Å². The summed E-state index contributed by atoms with van der Waals surface area (Å²) in [6.07, 6.45) is 3.72. The van der Waals surface area contributed by atoms with E-state index in [1.807, 2.05) is 18.2 Å². The Morgan fingerprint density at radius 1 is 1.20 bits per heavy atom. The molecule has 1 aromatic rings. The maximum atomic E-state index is 9.55. The summed E-state index contributed by atoms with van der Waals surface area (Å²) in [6, 6.07) is 7.33. The number of halogens is 2. The summed E-state index contributed by atoms with van der Waals surface area (Å²) >= 11 is 11.8. The highest BCUT2D eigenvalue weighted by Gasteiger charge is 2.08. The van der Waals surface area contributed by atoms with E-state index in [1.165, 1.54) is 0 Å². The van der Waals surface area contributed by atoms with Gasteiger partial charge in [0.25, 0.3) is 0 Å². The molecule has 0 radical (unpaired) electrons. The normalized spacial score (nSPS) is 12.7. The average molecular weight is 247 g/mol. The fraction of sp³-hybridized carbons (Fsp3) is 0.500. The SMILES string of the molecule is Oc1ccccc1CC(Cl)CCCCCl. The third-order valence-corrected chi connectivity index (χ3v) is 2.97. The first-order valence-corrected chi connectivity index (χ1v) is 6.18. The van der Waals surface area contributed by atoms with Gasteiger partial charge in [-0.2, -0.15) is 0 Å². The van der Waals surface area contributed by atoms with Crippen LogP contribution in [0.2, 0.25) is 0 Å². The first kappa shape index (κ1) is 12.7. The zero-order chi connectivity index (χ0) is 11.1. The second-order valence-electron chi connectivity index (χ2n) is 3.61. The highest BCUT2D eigenvalue weighted by Crippen LogP contribution is 2.21. The zero-order valence-corrected chi connectivity index (χ0v) is 10.1. The number of phenolic OH excluding ortho intramolecular Hbond substituents is 1. The molecule has 0 aliphatic rings. The molecule has 0 heterocycles. The molecule has 1 unspecified atom stereocenters. The molecule has 3 heteroatoms. The van der Waals surface area contributed by atoms with Crippen molar-refractivity contribution in [2.24, 2.45) is 0 Å². The molecule has 0 spiro atoms. The second-order valence-corrected chi connectivity index (χ2v) is 4.61. The Bertz CT molecular complexity index is 289. The second kappa shape index (κ2) is 6.97. The van der Waals surface area contributed by atoms with Gasteiger partial charge in [0.05, 0.1) is 0 Å². The quantitative estimate of drug-likeness (QED) is 0.596. The summed E-state index contributed by atoms with van der Waals surface area (Å²) in [6.45, 7) is 0. The van der Waals surface area contributed by atoms with Crippen LogP contribution in [0.15, 0.2) is 24.3 Å². The fourth-order valence-electron chi connectivity index (χ4n) is 1.48. The van der Waals surface area contributed by atoms with Crippen LogP contribution in [0.25, 0.3) is 0 Å². The lowest BCUT2D eigenvalue weighted by atomic mass is 10.1. The summed E-state index contributed by atoms with van der Waals surface area (Å²) in [5.74, 6) is 1.03. The van der Waals surface area contributed by atoms with Crippen LogP contribution in [0.4, 0.5) is 0 Å². The summed E-state index contributed by atoms with van der Waals surface area (Å²) in [7, 11) is 0. The van der Waals surface area contributed by atoms with E-state index in [4.69, 9.17) is 23.2 Å². The van der Waals surface area contributed by atoms with E-state index in [9.17, 15) is 5.11 Å². The molecule has 0 aromatic heterocycles. The third-order valence-electron chi connectivity index (χ3n) is 2.33. The summed E-state index contributed by atoms with van der Waals surface area (Å²) in [5, 5.41) is 9.64. The third kappa shape index (κ3) is 4.76. The Labute approximate surface area is 101 Å². The molecule has 0 saturated heterocycles. The number of phenols is 1. The van der Waals surface area contributed by atoms with Crippen LogP contribution in [-0.4, -0.2) is 16.4 Å². The van der Waals surface area contributed by atoms with E-state index >= 15 is 0 Å². The Kier molecular flexibility index (Phi) is 5.89. The first-order chi connectivity index (χ1) is 7.24. The molecule has 1 nitrogen and oxygen atoms in total. The van der Waals surface area contributed by atoms with Crippen molar-refractivity contribution in [3.05, 3.63) is 29.8 Å². The maximum absolute atomic E-state index is 9.55. The first-order valence-electron chi connectivity index (χ1n) is 5.21. The zero-order valence-electron chi connectivity index (χ0n) is 8.63. The fourth-order valence-corrected chi connectivity index (χ4v) is 1.99. The van der Waals surface area contributed by atoms with E-state index in [1.54, 1.807) is 6.07 Å². The average Bonchev–Trinajstić information content (AvgIpc) is 2.22. The Morgan fingerprint density at radius 3 is 2.60 bits per heavy atom. The monoisotopic (exact) mass is 246 g/mol. The van der Waals surface area contributed by atoms with E-state index in [0.29, 0.717) is 11.6 Å². The molecule has 0 bridgehead atoms. The van der Waals surface area contributed by atoms with Crippen LogP contribution in [0.3, 0.4) is 0 Å². The minimum atomic E-state index is 0.0847. The number of para-hydroxylation sites is 1. The molecular weight excluding hydrogens is 231 g/mol. The van der Waals surface area contributed by atoms with E-state index in [-0.39, 0.29) is 5.38 Å². The highest BCUT2D eigenvalue weighted by atomic mass is 35.5. The number of unbranched alkanes of at least 4 members (excludes halogenated alkanes) is 1. The largest absolute Gasteiger partial charge is 0.508 e. The molecule has 84 valence electrons. The highest BCUT2D eigenvalue weighted by molar-refractivity contribution is 6.20. The van der Waals surface area contributed by atoms with Crippen molar-refractivity contribution in [2.75, 3.05) is 5.88 Å². The van der Waals surface area contributed by atoms with Gasteiger partial charge in [-0.25, -0.2) is 0 Å². The Balaban J connectivity index is 2.37. The van der Waals surface area contributed by atoms with Crippen molar-refractivity contribution >= 4 is 23.2 Å². The molecule has 1 atom stereocenters. The molecule has 0 aliphatic carbocycles. The van der Waals surface area contributed by atoms with Crippen molar-refractivity contribution < 1.29 is 5.11 Å². The molecule has 15 heavy (non-hydrogen) atoms. The van der Waals surface area contributed by atoms with E-state index in [0.717, 1.165) is 31.2 Å². The minimum Gasteiger partial charge on any atom is -0.508 e. The van der Waals surface area contributed by atoms with Gasteiger partial charge >= 0.3 is 0 Å². The van der Waals surface area contributed by atoms with Gasteiger partial charge in [-0.15, -0.1) is 23.2 Å². The molecular formula is C12H16Cl2O. The van der Waals surface area contributed by atoms with Crippen LogP contribution >= 0.6 is 23.2 Å². The Morgan fingerprint density at radius 2 is 1.93 bits per heavy atom. The predicted octanol–water partition coefficient (Wildman–Crippen LogP) is 3.95. The minimum absolute atomic E-state index is 0.0847. The molecule has 0 aliphatic heterocycles. The number of rotatable bonds is 6. The lowest BCUT2D eigenvalue weighted by Crippen LogP contribution is -2.03. The van der Waals surface area contributed by atoms with Gasteiger partial charge in [0.2, 0.25) is 0 Å². The van der Waals surface area contributed by atoms with Crippen LogP contribution in [0, 0.1) is 0 Å². The van der Waals surface area contributed by atoms with E-state index in [2.05, 4.69) is 0 Å². The van der Waals surface area contributed by atoms with Gasteiger partial charge < -0.3 is 5.11 Å². The number of hydrogen-bond donors (Lipinski definition) is 1. The summed E-state index contributed by atoms with van der Waals surface area (Å²) in [4.78, 5) is 0. The van der Waals surface area contributed by atoms with Gasteiger partial charge in [-0.05, 0) is 30.9 Å². The van der Waals surface area contributed by atoms with Gasteiger partial charge in [0, 0.05) is 11.3 Å². The lowest BCUT2D eigenvalue weighted by molar-refractivity contribution is 0.466. The van der Waals surface area contributed by atoms with Crippen LogP contribution in [-0.2, 0) is 6.42 Å². The maximum Gasteiger partial charge on any atom is 0.118 e. The lowest BCUT2D eigenvalue weighted by Gasteiger charge is -2.09. The molecule has 1 aromatic carbocycles. The van der Waals surface area contributed by atoms with E-state index < -0.39 is 0 Å². The standard InChI is InChI=1S/C12H16Cl2O/c13-8-4-3-6-11(14)9-10-5-1-2-7-12(10)15/h1-2,5,7,11,15H,3-4,6,8-9H2. The molecule has 0 saturated carbocycles. The smallest absolute Gasteiger partial charge is 0.118 e. The van der Waals surface area contributed by atoms with Gasteiger partial charge in [-0.3, -0.25) is 0 Å². The predicted molar refractivity (Wildman–Crippen MR) is 66.0 cm³/mol. The molecule has 0 fully saturated rings. The Hall–Kier alpha value is -0.400. The number of aromatic hydroxyl groups is 1. The van der Waals surface area contributed by atoms with Gasteiger partial charge in [0.1, 0.15) is 5.75 Å². The molecule has 0 amide bonds. The summed E-state index contributed by atoms with van der Waals surface area (Å²) < 4.78 is 0. The van der Waals surface area contributed by atoms with Gasteiger partial charge in [-0.1, -0.05) is 24.6 Å². The van der Waals surface area contributed by atoms with Crippen LogP contribution < -0.4 is 0 Å². The molecule has 1 N–H and O–H groups in total. The number of hydrogen-bond acceptors (Lipinski definition) is 1. The van der Waals surface area contributed by atoms with Crippen molar-refractivity contribution in [3.63, 3.8) is 0 Å². The van der Waals surface area contributed by atoms with Crippen molar-refractivity contribution in [1.29, 1.82) is 0 Å². The van der Waals surface area contributed by atoms with Crippen LogP contribution in [0.5, 0.6) is 5.75 Å².